The third-order valence-corrected chi connectivity index (χ3v) is 4.17. The van der Waals surface area contributed by atoms with E-state index in [0.29, 0.717) is 18.1 Å². The highest BCUT2D eigenvalue weighted by Crippen LogP contribution is 2.32. The van der Waals surface area contributed by atoms with Crippen LogP contribution < -0.4 is 18.9 Å². The number of para-hydroxylation sites is 2. The van der Waals surface area contributed by atoms with Crippen LogP contribution in [0, 0.1) is 0 Å². The van der Waals surface area contributed by atoms with E-state index >= 15 is 0 Å². The molecule has 0 saturated heterocycles. The average Bonchev–Trinajstić information content (AvgIpc) is 2.86. The summed E-state index contributed by atoms with van der Waals surface area (Å²) in [6.45, 7) is 1.83. The molecule has 0 heterocycles. The van der Waals surface area contributed by atoms with E-state index in [0.717, 1.165) is 0 Å². The van der Waals surface area contributed by atoms with Crippen molar-refractivity contribution in [1.29, 1.82) is 0 Å². The van der Waals surface area contributed by atoms with Gasteiger partial charge in [0, 0.05) is 6.61 Å². The van der Waals surface area contributed by atoms with Crippen LogP contribution in [-0.4, -0.2) is 59.9 Å². The monoisotopic (exact) mass is 466 g/mol. The Morgan fingerprint density at radius 2 is 1.18 bits per heavy atom. The fourth-order valence-electron chi connectivity index (χ4n) is 2.67. The molecule has 180 valence electrons. The smallest absolute Gasteiger partial charge is 0.377 e. The summed E-state index contributed by atoms with van der Waals surface area (Å²) in [5, 5.41) is 0. The number of methoxy groups -OCH3 is 4. The zero-order chi connectivity index (χ0) is 24.2. The fourth-order valence-corrected chi connectivity index (χ4v) is 2.67. The van der Waals surface area contributed by atoms with Gasteiger partial charge in [0.1, 0.15) is 17.7 Å². The number of hydrogen-bond donors (Lipinski definition) is 0. The molecule has 0 N–H and O–H groups in total. The molecular weight excluding hydrogens is 440 g/mol. The molecule has 0 amide bonds. The molecule has 0 spiro atoms. The number of rotatable bonds is 13. The van der Waals surface area contributed by atoms with Crippen molar-refractivity contribution in [3.05, 3.63) is 47.5 Å². The van der Waals surface area contributed by atoms with E-state index in [4.69, 9.17) is 43.2 Å². The maximum atomic E-state index is 12.5. The van der Waals surface area contributed by atoms with Gasteiger partial charge in [0.05, 0.1) is 28.4 Å². The predicted molar refractivity (Wildman–Crippen MR) is 112 cm³/mol. The van der Waals surface area contributed by atoms with Crippen LogP contribution in [0.1, 0.15) is 27.6 Å². The molecular formula is C22H26O11. The maximum absolute atomic E-state index is 12.5. The fraction of sp³-hybridized carbons (Fsp3) is 0.364. The molecule has 0 saturated carbocycles. The highest BCUT2D eigenvalue weighted by atomic mass is 17.3. The van der Waals surface area contributed by atoms with Crippen LogP contribution in [0.2, 0.25) is 0 Å². The van der Waals surface area contributed by atoms with Crippen LogP contribution in [0.4, 0.5) is 0 Å². The van der Waals surface area contributed by atoms with Gasteiger partial charge in [-0.2, -0.15) is 0 Å². The number of carbonyl (C=O) groups excluding carboxylic acids is 2. The van der Waals surface area contributed by atoms with E-state index in [2.05, 4.69) is 0 Å². The van der Waals surface area contributed by atoms with Crippen molar-refractivity contribution in [1.82, 2.24) is 0 Å². The Hall–Kier alpha value is -3.54. The van der Waals surface area contributed by atoms with Gasteiger partial charge in [0.15, 0.2) is 23.0 Å². The highest BCUT2D eigenvalue weighted by Gasteiger charge is 2.24. The number of benzene rings is 2. The summed E-state index contributed by atoms with van der Waals surface area (Å²) in [7, 11) is 5.62. The van der Waals surface area contributed by atoms with Crippen molar-refractivity contribution in [2.45, 2.75) is 13.2 Å². The standard InChI is InChI=1S/C22H26O11/c1-6-29-13-18(30-32-21(23)14-9-7-11-16(25-2)19(14)27-4)31-33-22(24)15-10-8-12-17(26-3)20(15)28-5/h7-12,18H,6,13H2,1-5H3. The van der Waals surface area contributed by atoms with Gasteiger partial charge >= 0.3 is 11.9 Å². The minimum atomic E-state index is -1.38. The molecule has 0 unspecified atom stereocenters. The van der Waals surface area contributed by atoms with Crippen LogP contribution in [0.3, 0.4) is 0 Å². The third-order valence-electron chi connectivity index (χ3n) is 4.17. The van der Waals surface area contributed by atoms with E-state index in [1.165, 1.54) is 40.6 Å². The van der Waals surface area contributed by atoms with Crippen molar-refractivity contribution in [2.75, 3.05) is 41.7 Å². The summed E-state index contributed by atoms with van der Waals surface area (Å²) in [5.74, 6) is -0.807. The van der Waals surface area contributed by atoms with Crippen molar-refractivity contribution in [3.8, 4) is 23.0 Å². The first kappa shape index (κ1) is 25.7. The van der Waals surface area contributed by atoms with Crippen LogP contribution in [-0.2, 0) is 24.3 Å². The van der Waals surface area contributed by atoms with Crippen molar-refractivity contribution >= 4 is 11.9 Å². The molecule has 2 aromatic rings. The minimum absolute atomic E-state index is 0.0464. The second kappa shape index (κ2) is 13.1. The molecule has 0 bridgehead atoms. The summed E-state index contributed by atoms with van der Waals surface area (Å²) in [5.41, 5.74) is 0.0928. The molecule has 11 heteroatoms. The van der Waals surface area contributed by atoms with Gasteiger partial charge < -0.3 is 23.7 Å². The van der Waals surface area contributed by atoms with Gasteiger partial charge in [-0.3, -0.25) is 9.78 Å². The van der Waals surface area contributed by atoms with Crippen molar-refractivity contribution in [2.24, 2.45) is 0 Å². The van der Waals surface area contributed by atoms with Crippen molar-refractivity contribution < 1.29 is 52.8 Å². The highest BCUT2D eigenvalue weighted by molar-refractivity contribution is 5.93. The van der Waals surface area contributed by atoms with Gasteiger partial charge in [-0.05, 0) is 31.2 Å². The minimum Gasteiger partial charge on any atom is -0.493 e. The van der Waals surface area contributed by atoms with E-state index in [1.54, 1.807) is 31.2 Å². The second-order valence-electron chi connectivity index (χ2n) is 6.11. The van der Waals surface area contributed by atoms with Gasteiger partial charge in [-0.25, -0.2) is 9.59 Å². The van der Waals surface area contributed by atoms with Crippen LogP contribution >= 0.6 is 0 Å². The number of hydrogen-bond acceptors (Lipinski definition) is 11. The molecule has 0 aliphatic heterocycles. The molecule has 11 nitrogen and oxygen atoms in total. The van der Waals surface area contributed by atoms with Crippen molar-refractivity contribution in [3.63, 3.8) is 0 Å². The lowest BCUT2D eigenvalue weighted by Crippen LogP contribution is -2.27. The zero-order valence-corrected chi connectivity index (χ0v) is 18.9. The van der Waals surface area contributed by atoms with Gasteiger partial charge in [-0.1, -0.05) is 12.1 Å². The summed E-state index contributed by atoms with van der Waals surface area (Å²) < 4.78 is 25.9. The normalized spacial score (nSPS) is 10.5. The molecule has 0 atom stereocenters. The Morgan fingerprint density at radius 1 is 0.727 bits per heavy atom. The molecule has 0 radical (unpaired) electrons. The molecule has 2 rings (SSSR count). The summed E-state index contributed by atoms with van der Waals surface area (Å²) in [4.78, 5) is 44.6. The first-order valence-corrected chi connectivity index (χ1v) is 9.75. The van der Waals surface area contributed by atoms with Gasteiger partial charge in [-0.15, -0.1) is 9.78 Å². The molecule has 2 aromatic carbocycles. The molecule has 0 aromatic heterocycles. The first-order valence-electron chi connectivity index (χ1n) is 9.75. The molecule has 0 aliphatic carbocycles. The lowest BCUT2D eigenvalue weighted by atomic mass is 10.2. The lowest BCUT2D eigenvalue weighted by molar-refractivity contribution is -0.426. The van der Waals surface area contributed by atoms with E-state index in [-0.39, 0.29) is 29.2 Å². The van der Waals surface area contributed by atoms with Gasteiger partial charge in [0.25, 0.3) is 6.29 Å². The first-order chi connectivity index (χ1) is 16.0. The van der Waals surface area contributed by atoms with Gasteiger partial charge in [0.2, 0.25) is 0 Å². The quantitative estimate of drug-likeness (QED) is 0.246. The summed E-state index contributed by atoms with van der Waals surface area (Å²) in [6, 6.07) is 9.31. The Bertz CT molecular complexity index is 857. The molecule has 0 aliphatic rings. The summed E-state index contributed by atoms with van der Waals surface area (Å²) >= 11 is 0. The van der Waals surface area contributed by atoms with Crippen LogP contribution in [0.25, 0.3) is 0 Å². The average molecular weight is 466 g/mol. The second-order valence-corrected chi connectivity index (χ2v) is 6.11. The Balaban J connectivity index is 2.06. The maximum Gasteiger partial charge on any atom is 0.377 e. The lowest BCUT2D eigenvalue weighted by Gasteiger charge is -2.16. The van der Waals surface area contributed by atoms with E-state index < -0.39 is 18.2 Å². The Kier molecular flexibility index (Phi) is 10.2. The topological polar surface area (TPSA) is 117 Å². The van der Waals surface area contributed by atoms with E-state index in [9.17, 15) is 9.59 Å². The van der Waals surface area contributed by atoms with Crippen LogP contribution in [0.15, 0.2) is 36.4 Å². The third kappa shape index (κ3) is 6.72. The van der Waals surface area contributed by atoms with E-state index in [1.807, 2.05) is 0 Å². The largest absolute Gasteiger partial charge is 0.493 e. The number of carbonyl (C=O) groups is 2. The Morgan fingerprint density at radius 3 is 1.55 bits per heavy atom. The SMILES string of the molecule is CCOCC(OOC(=O)c1cccc(OC)c1OC)OOC(=O)c1cccc(OC)c1OC. The molecule has 33 heavy (non-hydrogen) atoms. The number of ether oxygens (including phenoxy) is 5. The predicted octanol–water partition coefficient (Wildman–Crippen LogP) is 2.96. The zero-order valence-electron chi connectivity index (χ0n) is 18.9. The summed E-state index contributed by atoms with van der Waals surface area (Å²) in [6.07, 6.45) is -1.38. The van der Waals surface area contributed by atoms with Crippen LogP contribution in [0.5, 0.6) is 23.0 Å². The molecule has 0 fully saturated rings. The Labute approximate surface area is 190 Å².